The maximum Gasteiger partial charge on any atom is 0.269 e. The number of nitrogens with zero attached hydrogens (tertiary/aromatic N) is 1. The van der Waals surface area contributed by atoms with Gasteiger partial charge in [0.15, 0.2) is 0 Å². The average Bonchev–Trinajstić information content (AvgIpc) is 2.53. The molecule has 1 aromatic heterocycles. The zero-order valence-electron chi connectivity index (χ0n) is 13.5. The van der Waals surface area contributed by atoms with E-state index in [-0.39, 0.29) is 5.91 Å². The molecule has 0 saturated carbocycles. The summed E-state index contributed by atoms with van der Waals surface area (Å²) in [6, 6.07) is 5.42. The lowest BCUT2D eigenvalue weighted by atomic mass is 10.1. The summed E-state index contributed by atoms with van der Waals surface area (Å²) in [5.41, 5.74) is 0.474. The van der Waals surface area contributed by atoms with Crippen molar-refractivity contribution in [3.63, 3.8) is 0 Å². The van der Waals surface area contributed by atoms with Gasteiger partial charge in [-0.2, -0.15) is 0 Å². The topological polar surface area (TPSA) is 54.0 Å². The third-order valence-corrected chi connectivity index (χ3v) is 3.55. The highest BCUT2D eigenvalue weighted by Crippen LogP contribution is 2.08. The van der Waals surface area contributed by atoms with E-state index < -0.39 is 0 Å². The summed E-state index contributed by atoms with van der Waals surface area (Å²) in [7, 11) is 1.80. The predicted octanol–water partition coefficient (Wildman–Crippen LogP) is 3.99. The van der Waals surface area contributed by atoms with Crippen molar-refractivity contribution in [1.82, 2.24) is 10.3 Å². The fraction of sp³-hybridized carbons (Fsp3) is 0.647. The third-order valence-electron chi connectivity index (χ3n) is 3.55. The Hall–Kier alpha value is -1.58. The number of rotatable bonds is 11. The third kappa shape index (κ3) is 7.69. The van der Waals surface area contributed by atoms with E-state index in [1.54, 1.807) is 13.1 Å². The fourth-order valence-electron chi connectivity index (χ4n) is 2.25. The molecule has 0 fully saturated rings. The molecular formula is C17H29N3O. The van der Waals surface area contributed by atoms with Gasteiger partial charge in [-0.15, -0.1) is 0 Å². The van der Waals surface area contributed by atoms with E-state index in [0.29, 0.717) is 5.69 Å². The van der Waals surface area contributed by atoms with Crippen LogP contribution in [-0.2, 0) is 0 Å². The number of unbranched alkanes of at least 4 members (excludes halogenated alkanes) is 7. The molecule has 0 aliphatic rings. The van der Waals surface area contributed by atoms with Gasteiger partial charge in [0.05, 0.1) is 0 Å². The van der Waals surface area contributed by atoms with Gasteiger partial charge in [0.25, 0.3) is 5.91 Å². The molecule has 4 heteroatoms. The molecule has 0 saturated heterocycles. The lowest BCUT2D eigenvalue weighted by Gasteiger charge is -2.06. The van der Waals surface area contributed by atoms with Gasteiger partial charge in [-0.05, 0) is 18.6 Å². The zero-order chi connectivity index (χ0) is 15.3. The highest BCUT2D eigenvalue weighted by Gasteiger charge is 2.06. The first-order chi connectivity index (χ1) is 10.3. The molecule has 0 unspecified atom stereocenters. The molecule has 4 nitrogen and oxygen atoms in total. The first-order valence-corrected chi connectivity index (χ1v) is 8.21. The van der Waals surface area contributed by atoms with Crippen LogP contribution in [0.5, 0.6) is 0 Å². The minimum atomic E-state index is -0.0879. The van der Waals surface area contributed by atoms with Crippen molar-refractivity contribution in [2.45, 2.75) is 58.3 Å². The van der Waals surface area contributed by atoms with E-state index in [9.17, 15) is 4.79 Å². The minimum Gasteiger partial charge on any atom is -0.373 e. The van der Waals surface area contributed by atoms with Crippen molar-refractivity contribution >= 4 is 11.7 Å². The van der Waals surface area contributed by atoms with E-state index in [1.807, 2.05) is 12.1 Å². The van der Waals surface area contributed by atoms with E-state index in [1.165, 1.54) is 44.9 Å². The Morgan fingerprint density at radius 3 is 2.38 bits per heavy atom. The second-order valence-electron chi connectivity index (χ2n) is 5.39. The number of carbonyl (C=O) groups is 1. The number of nitrogens with one attached hydrogen (secondary N) is 2. The number of hydrogen-bond donors (Lipinski definition) is 2. The van der Waals surface area contributed by atoms with Crippen molar-refractivity contribution < 1.29 is 4.79 Å². The molecule has 21 heavy (non-hydrogen) atoms. The number of aromatic nitrogens is 1. The van der Waals surface area contributed by atoms with Crippen LogP contribution in [0.4, 0.5) is 5.82 Å². The highest BCUT2D eigenvalue weighted by atomic mass is 16.1. The molecule has 0 aromatic carbocycles. The molecule has 0 aliphatic heterocycles. The summed E-state index contributed by atoms with van der Waals surface area (Å²) in [6.07, 6.45) is 10.2. The van der Waals surface area contributed by atoms with E-state index >= 15 is 0 Å². The molecule has 0 aliphatic carbocycles. The predicted molar refractivity (Wildman–Crippen MR) is 88.7 cm³/mol. The Bertz CT molecular complexity index is 407. The van der Waals surface area contributed by atoms with Crippen LogP contribution in [0.3, 0.4) is 0 Å². The van der Waals surface area contributed by atoms with Crippen LogP contribution in [0.1, 0.15) is 68.8 Å². The normalized spacial score (nSPS) is 10.4. The van der Waals surface area contributed by atoms with Gasteiger partial charge < -0.3 is 10.6 Å². The maximum absolute atomic E-state index is 11.9. The quantitative estimate of drug-likeness (QED) is 0.606. The van der Waals surface area contributed by atoms with Crippen molar-refractivity contribution in [2.24, 2.45) is 0 Å². The molecule has 1 rings (SSSR count). The van der Waals surface area contributed by atoms with Gasteiger partial charge in [0.1, 0.15) is 11.5 Å². The van der Waals surface area contributed by atoms with E-state index in [4.69, 9.17) is 0 Å². The molecule has 0 atom stereocenters. The van der Waals surface area contributed by atoms with Crippen LogP contribution < -0.4 is 10.6 Å². The summed E-state index contributed by atoms with van der Waals surface area (Å²) in [5, 5.41) is 5.87. The summed E-state index contributed by atoms with van der Waals surface area (Å²) >= 11 is 0. The molecule has 0 radical (unpaired) electrons. The smallest absolute Gasteiger partial charge is 0.269 e. The first kappa shape index (κ1) is 17.5. The summed E-state index contributed by atoms with van der Waals surface area (Å²) < 4.78 is 0. The van der Waals surface area contributed by atoms with Crippen LogP contribution in [0.25, 0.3) is 0 Å². The van der Waals surface area contributed by atoms with Crippen LogP contribution in [0, 0.1) is 0 Å². The first-order valence-electron chi connectivity index (χ1n) is 8.21. The molecule has 0 spiro atoms. The molecule has 1 amide bonds. The largest absolute Gasteiger partial charge is 0.373 e. The number of hydrogen-bond acceptors (Lipinski definition) is 3. The van der Waals surface area contributed by atoms with Gasteiger partial charge in [-0.1, -0.05) is 57.9 Å². The monoisotopic (exact) mass is 291 g/mol. The standard InChI is InChI=1S/C17H29N3O/c1-3-4-5-6-7-8-9-10-14-19-17(21)15-12-11-13-16(18-2)20-15/h11-13H,3-10,14H2,1-2H3,(H,18,20)(H,19,21). The molecule has 1 heterocycles. The van der Waals surface area contributed by atoms with Gasteiger partial charge in [-0.3, -0.25) is 4.79 Å². The van der Waals surface area contributed by atoms with Crippen LogP contribution in [0.2, 0.25) is 0 Å². The Morgan fingerprint density at radius 1 is 1.05 bits per heavy atom. The van der Waals surface area contributed by atoms with Crippen molar-refractivity contribution in [2.75, 3.05) is 18.9 Å². The van der Waals surface area contributed by atoms with Crippen LogP contribution in [-0.4, -0.2) is 24.5 Å². The maximum atomic E-state index is 11.9. The summed E-state index contributed by atoms with van der Waals surface area (Å²) in [4.78, 5) is 16.1. The molecular weight excluding hydrogens is 262 g/mol. The number of pyridine rings is 1. The summed E-state index contributed by atoms with van der Waals surface area (Å²) in [5.74, 6) is 0.629. The lowest BCUT2D eigenvalue weighted by molar-refractivity contribution is 0.0948. The van der Waals surface area contributed by atoms with Gasteiger partial charge in [0, 0.05) is 13.6 Å². The summed E-state index contributed by atoms with van der Waals surface area (Å²) in [6.45, 7) is 2.98. The Labute approximate surface area is 128 Å². The van der Waals surface area contributed by atoms with Crippen molar-refractivity contribution in [3.8, 4) is 0 Å². The van der Waals surface area contributed by atoms with E-state index in [0.717, 1.165) is 18.8 Å². The van der Waals surface area contributed by atoms with Crippen molar-refractivity contribution in [1.29, 1.82) is 0 Å². The second-order valence-corrected chi connectivity index (χ2v) is 5.39. The Balaban J connectivity index is 2.08. The van der Waals surface area contributed by atoms with Gasteiger partial charge >= 0.3 is 0 Å². The molecule has 1 aromatic rings. The number of anilines is 1. The molecule has 2 N–H and O–H groups in total. The Morgan fingerprint density at radius 2 is 1.71 bits per heavy atom. The average molecular weight is 291 g/mol. The lowest BCUT2D eigenvalue weighted by Crippen LogP contribution is -2.25. The minimum absolute atomic E-state index is 0.0879. The number of amides is 1. The van der Waals surface area contributed by atoms with Crippen molar-refractivity contribution in [3.05, 3.63) is 23.9 Å². The highest BCUT2D eigenvalue weighted by molar-refractivity contribution is 5.92. The number of carbonyl (C=O) groups excluding carboxylic acids is 1. The van der Waals surface area contributed by atoms with Crippen LogP contribution in [0.15, 0.2) is 18.2 Å². The van der Waals surface area contributed by atoms with Gasteiger partial charge in [-0.25, -0.2) is 4.98 Å². The SMILES string of the molecule is CCCCCCCCCCNC(=O)c1cccc(NC)n1. The fourth-order valence-corrected chi connectivity index (χ4v) is 2.25. The second kappa shape index (κ2) is 11.1. The zero-order valence-corrected chi connectivity index (χ0v) is 13.5. The molecule has 0 bridgehead atoms. The van der Waals surface area contributed by atoms with E-state index in [2.05, 4.69) is 22.5 Å². The Kier molecular flexibility index (Phi) is 9.25. The van der Waals surface area contributed by atoms with Crippen LogP contribution >= 0.6 is 0 Å². The van der Waals surface area contributed by atoms with Gasteiger partial charge in [0.2, 0.25) is 0 Å². The molecule has 118 valence electrons.